The van der Waals surface area contributed by atoms with Crippen molar-refractivity contribution in [1.82, 2.24) is 0 Å². The van der Waals surface area contributed by atoms with Crippen molar-refractivity contribution in [3.05, 3.63) is 58.7 Å². The smallest absolute Gasteiger partial charge is 0.133 e. The number of nitrogens with two attached hydrogens (primary N) is 1. The zero-order valence-corrected chi connectivity index (χ0v) is 15.7. The minimum atomic E-state index is -0.0688. The van der Waals surface area contributed by atoms with Gasteiger partial charge in [0.25, 0.3) is 0 Å². The Morgan fingerprint density at radius 1 is 1.00 bits per heavy atom. The van der Waals surface area contributed by atoms with Crippen molar-refractivity contribution in [1.29, 1.82) is 0 Å². The summed E-state index contributed by atoms with van der Waals surface area (Å²) in [5.41, 5.74) is 10.3. The Morgan fingerprint density at radius 3 is 2.23 bits per heavy atom. The summed E-state index contributed by atoms with van der Waals surface area (Å²) in [6.07, 6.45) is 3.94. The lowest BCUT2D eigenvalue weighted by Gasteiger charge is -2.16. The third-order valence-corrected chi connectivity index (χ3v) is 4.80. The van der Waals surface area contributed by atoms with Crippen LogP contribution in [0, 0.1) is 6.92 Å². The highest BCUT2D eigenvalue weighted by Gasteiger charge is 2.13. The molecule has 2 aromatic rings. The summed E-state index contributed by atoms with van der Waals surface area (Å²) in [6, 6.07) is 10.4. The third-order valence-electron chi connectivity index (χ3n) is 4.80. The fourth-order valence-corrected chi connectivity index (χ4v) is 3.24. The Morgan fingerprint density at radius 2 is 1.58 bits per heavy atom. The van der Waals surface area contributed by atoms with Gasteiger partial charge in [0.1, 0.15) is 17.3 Å². The summed E-state index contributed by atoms with van der Waals surface area (Å²) >= 11 is 0. The van der Waals surface area contributed by atoms with Gasteiger partial charge in [-0.25, -0.2) is 0 Å². The maximum Gasteiger partial charge on any atom is 0.133 e. The van der Waals surface area contributed by atoms with E-state index in [0.29, 0.717) is 25.7 Å². The molecular formula is C22H29NO3. The van der Waals surface area contributed by atoms with Gasteiger partial charge in [-0.15, -0.1) is 0 Å². The van der Waals surface area contributed by atoms with Crippen LogP contribution in [0.3, 0.4) is 0 Å². The van der Waals surface area contributed by atoms with E-state index < -0.39 is 0 Å². The lowest BCUT2D eigenvalue weighted by Crippen LogP contribution is -2.13. The van der Waals surface area contributed by atoms with E-state index in [9.17, 15) is 15.0 Å². The Bertz CT molecular complexity index is 755. The van der Waals surface area contributed by atoms with Crippen molar-refractivity contribution in [2.24, 2.45) is 5.73 Å². The molecule has 1 atom stereocenters. The summed E-state index contributed by atoms with van der Waals surface area (Å²) < 4.78 is 0. The first kappa shape index (κ1) is 20.0. The number of carbonyl (C=O) groups excluding carboxylic acids is 1. The minimum Gasteiger partial charge on any atom is -0.508 e. The Kier molecular flexibility index (Phi) is 7.22. The number of hydrogen-bond acceptors (Lipinski definition) is 4. The maximum absolute atomic E-state index is 12.3. The first-order valence-corrected chi connectivity index (χ1v) is 9.28. The number of carbonyl (C=O) groups is 1. The fourth-order valence-electron chi connectivity index (χ4n) is 3.24. The van der Waals surface area contributed by atoms with Crippen LogP contribution >= 0.6 is 0 Å². The number of phenols is 2. The van der Waals surface area contributed by atoms with Crippen molar-refractivity contribution >= 4 is 5.78 Å². The molecule has 0 aliphatic carbocycles. The van der Waals surface area contributed by atoms with Gasteiger partial charge in [-0.2, -0.15) is 0 Å². The van der Waals surface area contributed by atoms with Crippen molar-refractivity contribution in [3.63, 3.8) is 0 Å². The Hall–Kier alpha value is -2.33. The molecule has 0 bridgehead atoms. The second-order valence-corrected chi connectivity index (χ2v) is 6.93. The third kappa shape index (κ3) is 5.60. The summed E-state index contributed by atoms with van der Waals surface area (Å²) in [5, 5.41) is 19.4. The summed E-state index contributed by atoms with van der Waals surface area (Å²) in [7, 11) is 0. The van der Waals surface area contributed by atoms with Crippen LogP contribution in [0.4, 0.5) is 0 Å². The summed E-state index contributed by atoms with van der Waals surface area (Å²) in [6.45, 7) is 4.07. The monoisotopic (exact) mass is 355 g/mol. The van der Waals surface area contributed by atoms with E-state index >= 15 is 0 Å². The number of hydrogen-bond donors (Lipinski definition) is 3. The van der Waals surface area contributed by atoms with Crippen LogP contribution in [-0.2, 0) is 17.6 Å². The van der Waals surface area contributed by atoms with Crippen molar-refractivity contribution in [3.8, 4) is 11.5 Å². The quantitative estimate of drug-likeness (QED) is 0.625. The average molecular weight is 355 g/mol. The molecule has 2 aromatic carbocycles. The molecule has 0 aromatic heterocycles. The number of aryl methyl sites for hydroxylation is 3. The van der Waals surface area contributed by atoms with Crippen LogP contribution in [0.5, 0.6) is 11.5 Å². The molecule has 0 aliphatic rings. The highest BCUT2D eigenvalue weighted by Crippen LogP contribution is 2.25. The standard InChI is InChI=1S/C22H29NO3/c1-3-4-22(23)21-12-11-20(26)14-17(21)7-10-18(24)9-6-16-13-19(25)8-5-15(16)2/h5,8,11-14,22,25-26H,3-4,6-7,9-10,23H2,1-2H3. The largest absolute Gasteiger partial charge is 0.508 e. The van der Waals surface area contributed by atoms with Gasteiger partial charge in [-0.3, -0.25) is 4.79 Å². The lowest BCUT2D eigenvalue weighted by atomic mass is 9.93. The molecule has 0 aliphatic heterocycles. The van der Waals surface area contributed by atoms with Crippen LogP contribution in [0.15, 0.2) is 36.4 Å². The highest BCUT2D eigenvalue weighted by atomic mass is 16.3. The second kappa shape index (κ2) is 9.39. The predicted molar refractivity (Wildman–Crippen MR) is 104 cm³/mol. The van der Waals surface area contributed by atoms with Gasteiger partial charge in [-0.1, -0.05) is 25.5 Å². The van der Waals surface area contributed by atoms with Crippen LogP contribution < -0.4 is 5.73 Å². The van der Waals surface area contributed by atoms with E-state index in [2.05, 4.69) is 6.92 Å². The normalized spacial score (nSPS) is 12.1. The SMILES string of the molecule is CCCC(N)c1ccc(O)cc1CCC(=O)CCc1cc(O)ccc1C. The number of ketones is 1. The van der Waals surface area contributed by atoms with Gasteiger partial charge >= 0.3 is 0 Å². The number of rotatable bonds is 9. The van der Waals surface area contributed by atoms with E-state index in [-0.39, 0.29) is 23.3 Å². The molecule has 4 heteroatoms. The van der Waals surface area contributed by atoms with Gasteiger partial charge < -0.3 is 15.9 Å². The number of aromatic hydroxyl groups is 2. The molecule has 0 heterocycles. The van der Waals surface area contributed by atoms with Crippen molar-refractivity contribution in [2.75, 3.05) is 0 Å². The first-order chi connectivity index (χ1) is 12.4. The zero-order valence-electron chi connectivity index (χ0n) is 15.7. The van der Waals surface area contributed by atoms with Crippen molar-refractivity contribution < 1.29 is 15.0 Å². The fraction of sp³-hybridized carbons (Fsp3) is 0.409. The first-order valence-electron chi connectivity index (χ1n) is 9.28. The van der Waals surface area contributed by atoms with E-state index in [0.717, 1.165) is 35.1 Å². The molecular weight excluding hydrogens is 326 g/mol. The van der Waals surface area contributed by atoms with Crippen molar-refractivity contribution in [2.45, 2.75) is 58.4 Å². The van der Waals surface area contributed by atoms with Gasteiger partial charge in [0.15, 0.2) is 0 Å². The van der Waals surface area contributed by atoms with Gasteiger partial charge in [0, 0.05) is 18.9 Å². The zero-order chi connectivity index (χ0) is 19.1. The molecule has 1 unspecified atom stereocenters. The molecule has 4 nitrogen and oxygen atoms in total. The van der Waals surface area contributed by atoms with Gasteiger partial charge in [0.2, 0.25) is 0 Å². The molecule has 4 N–H and O–H groups in total. The number of benzene rings is 2. The predicted octanol–water partition coefficient (Wildman–Crippen LogP) is 4.34. The molecule has 140 valence electrons. The number of Topliss-reactive ketones (excluding diaryl/α,β-unsaturated/α-hetero) is 1. The minimum absolute atomic E-state index is 0.0688. The molecule has 0 fully saturated rings. The molecule has 0 saturated carbocycles. The van der Waals surface area contributed by atoms with E-state index in [4.69, 9.17) is 5.73 Å². The topological polar surface area (TPSA) is 83.5 Å². The summed E-state index contributed by atoms with van der Waals surface area (Å²) in [4.78, 5) is 12.3. The molecule has 0 amide bonds. The van der Waals surface area contributed by atoms with E-state index in [1.165, 1.54) is 0 Å². The maximum atomic E-state index is 12.3. The Labute approximate surface area is 155 Å². The molecule has 0 spiro atoms. The molecule has 2 rings (SSSR count). The molecule has 0 saturated heterocycles. The van der Waals surface area contributed by atoms with E-state index in [1.54, 1.807) is 24.3 Å². The van der Waals surface area contributed by atoms with Crippen LogP contribution in [0.25, 0.3) is 0 Å². The number of phenolic OH excluding ortho intramolecular Hbond substituents is 2. The lowest BCUT2D eigenvalue weighted by molar-refractivity contribution is -0.119. The highest BCUT2D eigenvalue weighted by molar-refractivity contribution is 5.79. The van der Waals surface area contributed by atoms with Gasteiger partial charge in [-0.05, 0) is 72.7 Å². The summed E-state index contributed by atoms with van der Waals surface area (Å²) in [5.74, 6) is 0.605. The van der Waals surface area contributed by atoms with Gasteiger partial charge in [0.05, 0.1) is 0 Å². The van der Waals surface area contributed by atoms with Crippen LogP contribution in [0.1, 0.15) is 60.9 Å². The van der Waals surface area contributed by atoms with E-state index in [1.807, 2.05) is 19.1 Å². The second-order valence-electron chi connectivity index (χ2n) is 6.93. The van der Waals surface area contributed by atoms with Crippen LogP contribution in [0.2, 0.25) is 0 Å². The molecule has 0 radical (unpaired) electrons. The average Bonchev–Trinajstić information content (AvgIpc) is 2.61. The molecule has 26 heavy (non-hydrogen) atoms. The Balaban J connectivity index is 1.96. The van der Waals surface area contributed by atoms with Crippen LogP contribution in [-0.4, -0.2) is 16.0 Å².